The monoisotopic (exact) mass is 380 g/mol. The number of aromatic carboxylic acids is 2. The molecule has 1 aliphatic heterocycles. The van der Waals surface area contributed by atoms with Gasteiger partial charge >= 0.3 is 0 Å². The second kappa shape index (κ2) is 7.19. The van der Waals surface area contributed by atoms with Crippen molar-refractivity contribution in [2.45, 2.75) is 39.8 Å². The highest BCUT2D eigenvalue weighted by Gasteiger charge is 2.45. The van der Waals surface area contributed by atoms with E-state index in [0.717, 1.165) is 5.56 Å². The summed E-state index contributed by atoms with van der Waals surface area (Å²) in [4.78, 5) is 23.2. The molecule has 28 heavy (non-hydrogen) atoms. The number of anilines is 2. The van der Waals surface area contributed by atoms with E-state index in [1.54, 1.807) is 24.3 Å². The molecule has 148 valence electrons. The van der Waals surface area contributed by atoms with Crippen molar-refractivity contribution in [3.8, 4) is 0 Å². The summed E-state index contributed by atoms with van der Waals surface area (Å²) in [6.45, 7) is 8.30. The van der Waals surface area contributed by atoms with Crippen LogP contribution < -0.4 is 20.8 Å². The van der Waals surface area contributed by atoms with Gasteiger partial charge < -0.3 is 30.4 Å². The molecule has 6 nitrogen and oxygen atoms in total. The van der Waals surface area contributed by atoms with Crippen LogP contribution in [0.4, 0.5) is 11.4 Å². The molecule has 1 heterocycles. The molecule has 0 saturated carbocycles. The third-order valence-electron chi connectivity index (χ3n) is 5.59. The van der Waals surface area contributed by atoms with E-state index in [1.807, 2.05) is 6.07 Å². The fourth-order valence-corrected chi connectivity index (χ4v) is 4.30. The Morgan fingerprint density at radius 3 is 2.21 bits per heavy atom. The van der Waals surface area contributed by atoms with Gasteiger partial charge in [-0.1, -0.05) is 64.1 Å². The minimum absolute atomic E-state index is 0.0480. The fraction of sp³-hybridized carbons (Fsp3) is 0.364. The van der Waals surface area contributed by atoms with E-state index in [4.69, 9.17) is 0 Å². The molecule has 2 atom stereocenters. The number of carbonyl (C=O) groups excluding carboxylic acids is 2. The number of hydrogen-bond acceptors (Lipinski definition) is 6. The maximum Gasteiger partial charge on any atom is 0.0736 e. The van der Waals surface area contributed by atoms with E-state index in [2.05, 4.69) is 38.3 Å². The molecule has 0 bridgehead atoms. The molecule has 0 aromatic heterocycles. The smallest absolute Gasteiger partial charge is 0.0736 e. The molecule has 0 unspecified atom stereocenters. The molecule has 1 aliphatic rings. The molecule has 0 fully saturated rings. The van der Waals surface area contributed by atoms with Gasteiger partial charge in [-0.3, -0.25) is 0 Å². The van der Waals surface area contributed by atoms with Crippen LogP contribution in [0.15, 0.2) is 42.5 Å². The zero-order chi connectivity index (χ0) is 20.6. The van der Waals surface area contributed by atoms with Crippen LogP contribution in [0.5, 0.6) is 0 Å². The molecular formula is C22H24N2O4-2. The van der Waals surface area contributed by atoms with E-state index in [9.17, 15) is 19.8 Å². The molecule has 0 spiro atoms. The number of fused-ring (bicyclic) bond motifs is 1. The third kappa shape index (κ3) is 3.30. The fourth-order valence-electron chi connectivity index (χ4n) is 4.30. The van der Waals surface area contributed by atoms with Crippen LogP contribution in [-0.2, 0) is 0 Å². The van der Waals surface area contributed by atoms with Gasteiger partial charge in [0.15, 0.2) is 0 Å². The minimum Gasteiger partial charge on any atom is -0.545 e. The zero-order valence-electron chi connectivity index (χ0n) is 16.4. The van der Waals surface area contributed by atoms with Gasteiger partial charge in [-0.05, 0) is 17.5 Å². The van der Waals surface area contributed by atoms with Crippen LogP contribution in [-0.4, -0.2) is 18.0 Å². The lowest BCUT2D eigenvalue weighted by Gasteiger charge is -2.50. The van der Waals surface area contributed by atoms with E-state index < -0.39 is 11.9 Å². The van der Waals surface area contributed by atoms with Crippen molar-refractivity contribution in [3.63, 3.8) is 0 Å². The molecule has 2 aromatic carbocycles. The first-order valence-corrected chi connectivity index (χ1v) is 9.32. The Balaban J connectivity index is 2.17. The summed E-state index contributed by atoms with van der Waals surface area (Å²) < 4.78 is 0. The maximum atomic E-state index is 11.7. The average molecular weight is 380 g/mol. The maximum absolute atomic E-state index is 11.7. The summed E-state index contributed by atoms with van der Waals surface area (Å²) in [5, 5.41) is 30.0. The third-order valence-corrected chi connectivity index (χ3v) is 5.59. The number of carboxylic acid groups (broad SMARTS) is 2. The van der Waals surface area contributed by atoms with Crippen molar-refractivity contribution in [2.24, 2.45) is 11.3 Å². The lowest BCUT2D eigenvalue weighted by Crippen LogP contribution is -2.50. The van der Waals surface area contributed by atoms with Gasteiger partial charge in [0.25, 0.3) is 0 Å². The molecule has 3 rings (SSSR count). The number of nitrogens with one attached hydrogen (secondary N) is 2. The van der Waals surface area contributed by atoms with E-state index >= 15 is 0 Å². The van der Waals surface area contributed by atoms with Crippen LogP contribution in [0, 0.1) is 11.3 Å². The van der Waals surface area contributed by atoms with Crippen LogP contribution >= 0.6 is 0 Å². The summed E-state index contributed by atoms with van der Waals surface area (Å²) in [5.74, 6) is -2.31. The Bertz CT molecular complexity index is 921. The quantitative estimate of drug-likeness (QED) is 0.823. The van der Waals surface area contributed by atoms with E-state index in [1.165, 1.54) is 12.1 Å². The summed E-state index contributed by atoms with van der Waals surface area (Å²) in [6, 6.07) is 11.3. The summed E-state index contributed by atoms with van der Waals surface area (Å²) in [5.41, 5.74) is 1.52. The second-order valence-corrected chi connectivity index (χ2v) is 8.16. The van der Waals surface area contributed by atoms with E-state index in [0.29, 0.717) is 11.4 Å². The number of rotatable bonds is 5. The largest absolute Gasteiger partial charge is 0.545 e. The summed E-state index contributed by atoms with van der Waals surface area (Å²) >= 11 is 0. The summed E-state index contributed by atoms with van der Waals surface area (Å²) in [6.07, 6.45) is 0. The molecule has 0 amide bonds. The van der Waals surface area contributed by atoms with Crippen molar-refractivity contribution in [3.05, 3.63) is 59.2 Å². The Morgan fingerprint density at radius 1 is 1.00 bits per heavy atom. The van der Waals surface area contributed by atoms with Crippen LogP contribution in [0.1, 0.15) is 60.0 Å². The normalized spacial score (nSPS) is 20.2. The van der Waals surface area contributed by atoms with Crippen molar-refractivity contribution >= 4 is 23.3 Å². The molecule has 2 aromatic rings. The first kappa shape index (κ1) is 19.7. The van der Waals surface area contributed by atoms with Crippen molar-refractivity contribution in [2.75, 3.05) is 10.6 Å². The second-order valence-electron chi connectivity index (χ2n) is 8.16. The number of carboxylic acids is 2. The highest BCUT2D eigenvalue weighted by atomic mass is 16.4. The van der Waals surface area contributed by atoms with Crippen molar-refractivity contribution in [1.29, 1.82) is 0 Å². The summed E-state index contributed by atoms with van der Waals surface area (Å²) in [7, 11) is 0. The van der Waals surface area contributed by atoms with Crippen LogP contribution in [0.25, 0.3) is 0 Å². The van der Waals surface area contributed by atoms with Crippen molar-refractivity contribution in [1.82, 2.24) is 0 Å². The molecule has 0 aliphatic carbocycles. The topological polar surface area (TPSA) is 104 Å². The minimum atomic E-state index is -1.26. The molecule has 0 saturated heterocycles. The number of hydrogen-bond donors (Lipinski definition) is 2. The van der Waals surface area contributed by atoms with Gasteiger partial charge in [0.1, 0.15) is 0 Å². The Morgan fingerprint density at radius 2 is 1.61 bits per heavy atom. The standard InChI is InChI=1S/C22H26N2O4/c1-12(2)18-22(3,4)19(23-16-11-6-5-8-13(16)20(25)26)14-9-7-10-15(21(27)28)17(14)24-18/h5-12,18-19,23-24H,1-4H3,(H,25,26)(H,27,28)/p-2/t18-,19+/m0/s1. The van der Waals surface area contributed by atoms with Crippen molar-refractivity contribution < 1.29 is 19.8 Å². The van der Waals surface area contributed by atoms with Crippen LogP contribution in [0.3, 0.4) is 0 Å². The molecular weight excluding hydrogens is 356 g/mol. The first-order valence-electron chi connectivity index (χ1n) is 9.32. The average Bonchev–Trinajstić information content (AvgIpc) is 2.62. The van der Waals surface area contributed by atoms with Gasteiger partial charge in [0.05, 0.1) is 18.0 Å². The van der Waals surface area contributed by atoms with Gasteiger partial charge in [0.2, 0.25) is 0 Å². The highest BCUT2D eigenvalue weighted by Crippen LogP contribution is 2.49. The Hall–Kier alpha value is -3.02. The van der Waals surface area contributed by atoms with Crippen LogP contribution in [0.2, 0.25) is 0 Å². The lowest BCUT2D eigenvalue weighted by atomic mass is 9.67. The SMILES string of the molecule is CC(C)[C@@H]1Nc2c(C(=O)[O-])cccc2[C@@H](Nc2ccccc2C(=O)[O-])C1(C)C. The van der Waals surface area contributed by atoms with Gasteiger partial charge in [0, 0.05) is 34.0 Å². The number of carbonyl (C=O) groups is 2. The number of para-hydroxylation sites is 2. The molecule has 0 radical (unpaired) electrons. The van der Waals surface area contributed by atoms with Gasteiger partial charge in [-0.2, -0.15) is 0 Å². The molecule has 6 heteroatoms. The predicted molar refractivity (Wildman–Crippen MR) is 104 cm³/mol. The van der Waals surface area contributed by atoms with E-state index in [-0.39, 0.29) is 34.5 Å². The van der Waals surface area contributed by atoms with Gasteiger partial charge in [-0.15, -0.1) is 0 Å². The Kier molecular flexibility index (Phi) is 5.06. The predicted octanol–water partition coefficient (Wildman–Crippen LogP) is 2.04. The number of benzene rings is 2. The Labute approximate surface area is 164 Å². The first-order chi connectivity index (χ1) is 13.1. The van der Waals surface area contributed by atoms with Gasteiger partial charge in [-0.25, -0.2) is 0 Å². The lowest BCUT2D eigenvalue weighted by molar-refractivity contribution is -0.256. The molecule has 2 N–H and O–H groups in total. The highest BCUT2D eigenvalue weighted by molar-refractivity contribution is 5.95. The zero-order valence-corrected chi connectivity index (χ0v) is 16.4.